The van der Waals surface area contributed by atoms with E-state index in [0.717, 1.165) is 12.1 Å². The monoisotopic (exact) mass is 288 g/mol. The predicted octanol–water partition coefficient (Wildman–Crippen LogP) is 4.26. The molecule has 106 valence electrons. The summed E-state index contributed by atoms with van der Waals surface area (Å²) in [5.74, 6) is -1.48. The van der Waals surface area contributed by atoms with E-state index < -0.39 is 11.6 Å². The zero-order valence-corrected chi connectivity index (χ0v) is 10.9. The summed E-state index contributed by atoms with van der Waals surface area (Å²) in [5, 5.41) is 3.08. The number of aromatic nitrogens is 1. The molecule has 0 amide bonds. The number of hydrogen-bond acceptors (Lipinski definition) is 2. The molecule has 0 spiro atoms. The number of nitrogens with zero attached hydrogens (tertiary/aromatic N) is 1. The standard InChI is InChI=1S/C16H11F3N2/c17-11-3-1-2-10(8-11)9-21-14-6-7-20-16-13(19)5-4-12(18)15(14)16/h1-8H,9H2,(H,20,21). The van der Waals surface area contributed by atoms with E-state index in [4.69, 9.17) is 0 Å². The lowest BCUT2D eigenvalue weighted by Gasteiger charge is -2.10. The van der Waals surface area contributed by atoms with Gasteiger partial charge in [0.05, 0.1) is 5.39 Å². The lowest BCUT2D eigenvalue weighted by molar-refractivity contribution is 0.615. The van der Waals surface area contributed by atoms with Gasteiger partial charge in [0, 0.05) is 18.4 Å². The first kappa shape index (κ1) is 13.4. The van der Waals surface area contributed by atoms with E-state index in [1.54, 1.807) is 18.2 Å². The quantitative estimate of drug-likeness (QED) is 0.778. The lowest BCUT2D eigenvalue weighted by Crippen LogP contribution is -2.02. The molecule has 0 bridgehead atoms. The minimum atomic E-state index is -0.583. The maximum absolute atomic E-state index is 13.9. The second-order valence-corrected chi connectivity index (χ2v) is 4.59. The van der Waals surface area contributed by atoms with Crippen LogP contribution in [0.15, 0.2) is 48.7 Å². The van der Waals surface area contributed by atoms with Crippen LogP contribution in [-0.4, -0.2) is 4.98 Å². The fourth-order valence-electron chi connectivity index (χ4n) is 2.18. The average molecular weight is 288 g/mol. The van der Waals surface area contributed by atoms with Crippen LogP contribution in [0.3, 0.4) is 0 Å². The van der Waals surface area contributed by atoms with Crippen molar-refractivity contribution in [3.8, 4) is 0 Å². The third-order valence-electron chi connectivity index (χ3n) is 3.16. The van der Waals surface area contributed by atoms with Crippen molar-refractivity contribution < 1.29 is 13.2 Å². The maximum atomic E-state index is 13.9. The smallest absolute Gasteiger partial charge is 0.149 e. The molecule has 2 aromatic carbocycles. The molecule has 1 heterocycles. The highest BCUT2D eigenvalue weighted by Crippen LogP contribution is 2.26. The van der Waals surface area contributed by atoms with Gasteiger partial charge < -0.3 is 5.32 Å². The van der Waals surface area contributed by atoms with Gasteiger partial charge in [0.2, 0.25) is 0 Å². The fraction of sp³-hybridized carbons (Fsp3) is 0.0625. The summed E-state index contributed by atoms with van der Waals surface area (Å²) in [7, 11) is 0. The number of anilines is 1. The van der Waals surface area contributed by atoms with Crippen LogP contribution in [0, 0.1) is 17.5 Å². The van der Waals surface area contributed by atoms with Crippen LogP contribution in [0.25, 0.3) is 10.9 Å². The third-order valence-corrected chi connectivity index (χ3v) is 3.16. The van der Waals surface area contributed by atoms with Gasteiger partial charge in [-0.15, -0.1) is 0 Å². The average Bonchev–Trinajstić information content (AvgIpc) is 2.49. The number of halogens is 3. The molecule has 0 saturated heterocycles. The molecular formula is C16H11F3N2. The molecule has 0 unspecified atom stereocenters. The van der Waals surface area contributed by atoms with E-state index in [-0.39, 0.29) is 16.7 Å². The SMILES string of the molecule is Fc1cccc(CNc2ccnc3c(F)ccc(F)c23)c1. The minimum absolute atomic E-state index is 0.0285. The molecule has 0 saturated carbocycles. The molecule has 1 aromatic heterocycles. The molecule has 1 N–H and O–H groups in total. The largest absolute Gasteiger partial charge is 0.380 e. The van der Waals surface area contributed by atoms with Crippen LogP contribution < -0.4 is 5.32 Å². The van der Waals surface area contributed by atoms with E-state index >= 15 is 0 Å². The summed E-state index contributed by atoms with van der Waals surface area (Å²) < 4.78 is 40.7. The van der Waals surface area contributed by atoms with Gasteiger partial charge in [-0.1, -0.05) is 12.1 Å². The van der Waals surface area contributed by atoms with Gasteiger partial charge in [-0.3, -0.25) is 4.98 Å². The van der Waals surface area contributed by atoms with Crippen LogP contribution in [0.2, 0.25) is 0 Å². The van der Waals surface area contributed by atoms with Crippen molar-refractivity contribution in [1.29, 1.82) is 0 Å². The summed E-state index contributed by atoms with van der Waals surface area (Å²) in [5.41, 5.74) is 1.09. The van der Waals surface area contributed by atoms with Crippen molar-refractivity contribution in [1.82, 2.24) is 4.98 Å². The highest BCUT2D eigenvalue weighted by atomic mass is 19.1. The highest BCUT2D eigenvalue weighted by molar-refractivity contribution is 5.91. The lowest BCUT2D eigenvalue weighted by atomic mass is 10.1. The van der Waals surface area contributed by atoms with E-state index in [2.05, 4.69) is 10.3 Å². The van der Waals surface area contributed by atoms with Crippen molar-refractivity contribution in [2.75, 3.05) is 5.32 Å². The predicted molar refractivity (Wildman–Crippen MR) is 75.4 cm³/mol. The number of rotatable bonds is 3. The fourth-order valence-corrected chi connectivity index (χ4v) is 2.18. The zero-order chi connectivity index (χ0) is 14.8. The Morgan fingerprint density at radius 2 is 1.76 bits per heavy atom. The molecule has 3 rings (SSSR count). The van der Waals surface area contributed by atoms with Crippen LogP contribution in [-0.2, 0) is 6.54 Å². The minimum Gasteiger partial charge on any atom is -0.380 e. The first-order chi connectivity index (χ1) is 10.1. The maximum Gasteiger partial charge on any atom is 0.149 e. The number of nitrogens with one attached hydrogen (secondary N) is 1. The summed E-state index contributed by atoms with van der Waals surface area (Å²) >= 11 is 0. The van der Waals surface area contributed by atoms with Gasteiger partial charge in [0.15, 0.2) is 0 Å². The molecule has 0 radical (unpaired) electrons. The Hall–Kier alpha value is -2.56. The number of fused-ring (bicyclic) bond motifs is 1. The van der Waals surface area contributed by atoms with Gasteiger partial charge in [0.25, 0.3) is 0 Å². The summed E-state index contributed by atoms with van der Waals surface area (Å²) in [4.78, 5) is 3.86. The second kappa shape index (κ2) is 5.44. The molecule has 0 atom stereocenters. The summed E-state index contributed by atoms with van der Waals surface area (Å²) in [6.45, 7) is 0.298. The van der Waals surface area contributed by atoms with Gasteiger partial charge in [0.1, 0.15) is 23.0 Å². The van der Waals surface area contributed by atoms with E-state index in [9.17, 15) is 13.2 Å². The highest BCUT2D eigenvalue weighted by Gasteiger charge is 2.11. The molecule has 21 heavy (non-hydrogen) atoms. The molecule has 0 fully saturated rings. The van der Waals surface area contributed by atoms with E-state index in [1.165, 1.54) is 18.3 Å². The van der Waals surface area contributed by atoms with Crippen molar-refractivity contribution in [3.05, 3.63) is 71.7 Å². The third kappa shape index (κ3) is 2.67. The number of pyridine rings is 1. The first-order valence-corrected chi connectivity index (χ1v) is 6.36. The first-order valence-electron chi connectivity index (χ1n) is 6.36. The molecule has 2 nitrogen and oxygen atoms in total. The Labute approximate surface area is 119 Å². The van der Waals surface area contributed by atoms with E-state index in [1.807, 2.05) is 0 Å². The van der Waals surface area contributed by atoms with E-state index in [0.29, 0.717) is 17.8 Å². The summed E-state index contributed by atoms with van der Waals surface area (Å²) in [6.07, 6.45) is 1.40. The zero-order valence-electron chi connectivity index (χ0n) is 10.9. The number of benzene rings is 2. The normalized spacial score (nSPS) is 10.8. The molecule has 5 heteroatoms. The molecule has 0 aliphatic heterocycles. The molecule has 0 aliphatic rings. The van der Waals surface area contributed by atoms with Crippen LogP contribution in [0.1, 0.15) is 5.56 Å². The van der Waals surface area contributed by atoms with Crippen molar-refractivity contribution in [2.24, 2.45) is 0 Å². The van der Waals surface area contributed by atoms with Crippen LogP contribution in [0.4, 0.5) is 18.9 Å². The van der Waals surface area contributed by atoms with Crippen LogP contribution >= 0.6 is 0 Å². The van der Waals surface area contributed by atoms with Gasteiger partial charge in [-0.2, -0.15) is 0 Å². The van der Waals surface area contributed by atoms with Crippen LogP contribution in [0.5, 0.6) is 0 Å². The molecular weight excluding hydrogens is 277 g/mol. The molecule has 0 aliphatic carbocycles. The van der Waals surface area contributed by atoms with Crippen molar-refractivity contribution >= 4 is 16.6 Å². The Morgan fingerprint density at radius 1 is 0.952 bits per heavy atom. The Bertz CT molecular complexity index is 803. The van der Waals surface area contributed by atoms with Gasteiger partial charge in [-0.25, -0.2) is 13.2 Å². The Kier molecular flexibility index (Phi) is 3.48. The van der Waals surface area contributed by atoms with Gasteiger partial charge in [-0.05, 0) is 35.9 Å². The van der Waals surface area contributed by atoms with Gasteiger partial charge >= 0.3 is 0 Å². The topological polar surface area (TPSA) is 24.9 Å². The Morgan fingerprint density at radius 3 is 2.57 bits per heavy atom. The van der Waals surface area contributed by atoms with Crippen molar-refractivity contribution in [2.45, 2.75) is 6.54 Å². The van der Waals surface area contributed by atoms with Crippen molar-refractivity contribution in [3.63, 3.8) is 0 Å². The summed E-state index contributed by atoms with van der Waals surface area (Å²) in [6, 6.07) is 9.74. The number of hydrogen-bond donors (Lipinski definition) is 1. The second-order valence-electron chi connectivity index (χ2n) is 4.59. The molecule has 3 aromatic rings. The Balaban J connectivity index is 1.96.